The molecule has 1 aromatic heterocycles. The van der Waals surface area contributed by atoms with Crippen LogP contribution in [0.2, 0.25) is 0 Å². The van der Waals surface area contributed by atoms with Gasteiger partial charge in [-0.25, -0.2) is 4.98 Å². The fraction of sp³-hybridized carbons (Fsp3) is 0.667. The average Bonchev–Trinajstić information content (AvgIpc) is 2.64. The number of fused-ring (bicyclic) bond motifs is 1. The van der Waals surface area contributed by atoms with Gasteiger partial charge in [0.2, 0.25) is 5.91 Å². The molecule has 0 atom stereocenters. The van der Waals surface area contributed by atoms with Crippen molar-refractivity contribution in [2.45, 2.75) is 58.8 Å². The van der Waals surface area contributed by atoms with Crippen molar-refractivity contribution in [3.8, 4) is 0 Å². The Kier molecular flexibility index (Phi) is 6.34. The van der Waals surface area contributed by atoms with E-state index in [1.54, 1.807) is 6.92 Å². The quantitative estimate of drug-likeness (QED) is 0.685. The van der Waals surface area contributed by atoms with E-state index < -0.39 is 0 Å². The highest BCUT2D eigenvalue weighted by molar-refractivity contribution is 5.83. The van der Waals surface area contributed by atoms with Crippen LogP contribution in [-0.2, 0) is 27.2 Å². The standard InChI is InChI=1S/C21H31N3O3/c1-3-27-18(25)10-12-23-20(26)21(2)13-15(14-21)6-8-17-9-7-16-5-4-11-22-19(16)24-17/h7,9,15H,3-6,8,10-14H2,1-2H3,(H,22,24)(H,23,26). The van der Waals surface area contributed by atoms with Crippen LogP contribution in [-0.4, -0.2) is 36.6 Å². The molecule has 0 unspecified atom stereocenters. The second kappa shape index (κ2) is 8.72. The summed E-state index contributed by atoms with van der Waals surface area (Å²) in [5, 5.41) is 6.27. The molecule has 0 spiro atoms. The summed E-state index contributed by atoms with van der Waals surface area (Å²) in [6.45, 7) is 5.54. The maximum absolute atomic E-state index is 12.4. The number of hydrogen-bond acceptors (Lipinski definition) is 5. The summed E-state index contributed by atoms with van der Waals surface area (Å²) in [5.74, 6) is 1.41. The summed E-state index contributed by atoms with van der Waals surface area (Å²) >= 11 is 0. The molecule has 6 nitrogen and oxygen atoms in total. The van der Waals surface area contributed by atoms with Gasteiger partial charge in [-0.05, 0) is 63.0 Å². The molecule has 2 heterocycles. The van der Waals surface area contributed by atoms with E-state index in [9.17, 15) is 9.59 Å². The van der Waals surface area contributed by atoms with E-state index in [4.69, 9.17) is 9.72 Å². The maximum Gasteiger partial charge on any atom is 0.307 e. The van der Waals surface area contributed by atoms with Crippen LogP contribution >= 0.6 is 0 Å². The van der Waals surface area contributed by atoms with Gasteiger partial charge in [0.1, 0.15) is 5.82 Å². The highest BCUT2D eigenvalue weighted by Crippen LogP contribution is 2.47. The number of nitrogens with zero attached hydrogens (tertiary/aromatic N) is 1. The highest BCUT2D eigenvalue weighted by atomic mass is 16.5. The van der Waals surface area contributed by atoms with E-state index in [1.807, 2.05) is 6.92 Å². The second-order valence-electron chi connectivity index (χ2n) is 8.03. The minimum absolute atomic E-state index is 0.0548. The number of nitrogens with one attached hydrogen (secondary N) is 2. The Labute approximate surface area is 161 Å². The fourth-order valence-electron chi connectivity index (χ4n) is 4.19. The van der Waals surface area contributed by atoms with Gasteiger partial charge in [-0.3, -0.25) is 9.59 Å². The first kappa shape index (κ1) is 19.6. The van der Waals surface area contributed by atoms with E-state index in [2.05, 4.69) is 22.8 Å². The van der Waals surface area contributed by atoms with E-state index in [-0.39, 0.29) is 23.7 Å². The van der Waals surface area contributed by atoms with Gasteiger partial charge in [0.15, 0.2) is 0 Å². The molecule has 1 saturated carbocycles. The van der Waals surface area contributed by atoms with E-state index in [1.165, 1.54) is 12.0 Å². The van der Waals surface area contributed by atoms with Crippen LogP contribution in [0, 0.1) is 11.3 Å². The van der Waals surface area contributed by atoms with Gasteiger partial charge in [0.25, 0.3) is 0 Å². The first-order chi connectivity index (χ1) is 13.0. The lowest BCUT2D eigenvalue weighted by Crippen LogP contribution is -2.48. The number of anilines is 1. The number of amides is 1. The predicted molar refractivity (Wildman–Crippen MR) is 104 cm³/mol. The molecule has 3 rings (SSSR count). The first-order valence-corrected chi connectivity index (χ1v) is 10.2. The molecule has 6 heteroatoms. The number of pyridine rings is 1. The average molecular weight is 373 g/mol. The van der Waals surface area contributed by atoms with Crippen molar-refractivity contribution in [1.29, 1.82) is 0 Å². The Morgan fingerprint density at radius 2 is 2.19 bits per heavy atom. The van der Waals surface area contributed by atoms with Crippen LogP contribution in [0.25, 0.3) is 0 Å². The molecule has 1 amide bonds. The molecule has 1 aliphatic carbocycles. The minimum atomic E-state index is -0.301. The zero-order valence-electron chi connectivity index (χ0n) is 16.5. The van der Waals surface area contributed by atoms with Crippen molar-refractivity contribution in [2.24, 2.45) is 11.3 Å². The molecule has 2 N–H and O–H groups in total. The maximum atomic E-state index is 12.4. The number of aryl methyl sites for hydroxylation is 2. The van der Waals surface area contributed by atoms with Crippen molar-refractivity contribution < 1.29 is 14.3 Å². The van der Waals surface area contributed by atoms with Crippen molar-refractivity contribution in [1.82, 2.24) is 10.3 Å². The van der Waals surface area contributed by atoms with Gasteiger partial charge in [-0.1, -0.05) is 13.0 Å². The lowest BCUT2D eigenvalue weighted by atomic mass is 9.61. The Bertz CT molecular complexity index is 683. The number of hydrogen-bond donors (Lipinski definition) is 2. The summed E-state index contributed by atoms with van der Waals surface area (Å²) in [5.41, 5.74) is 2.15. The molecular weight excluding hydrogens is 342 g/mol. The minimum Gasteiger partial charge on any atom is -0.466 e. The normalized spacial score (nSPS) is 23.6. The Morgan fingerprint density at radius 3 is 2.96 bits per heavy atom. The summed E-state index contributed by atoms with van der Waals surface area (Å²) in [7, 11) is 0. The summed E-state index contributed by atoms with van der Waals surface area (Å²) in [6, 6.07) is 4.34. The molecule has 1 aliphatic heterocycles. The molecule has 0 aromatic carbocycles. The first-order valence-electron chi connectivity index (χ1n) is 10.2. The smallest absolute Gasteiger partial charge is 0.307 e. The van der Waals surface area contributed by atoms with Gasteiger partial charge in [0.05, 0.1) is 13.0 Å². The van der Waals surface area contributed by atoms with Crippen molar-refractivity contribution in [3.63, 3.8) is 0 Å². The van der Waals surface area contributed by atoms with Gasteiger partial charge in [-0.2, -0.15) is 0 Å². The highest BCUT2D eigenvalue weighted by Gasteiger charge is 2.45. The second-order valence-corrected chi connectivity index (χ2v) is 8.03. The van der Waals surface area contributed by atoms with E-state index in [0.29, 0.717) is 19.1 Å². The van der Waals surface area contributed by atoms with Gasteiger partial charge in [-0.15, -0.1) is 0 Å². The van der Waals surface area contributed by atoms with Crippen LogP contribution in [0.15, 0.2) is 12.1 Å². The third-order valence-corrected chi connectivity index (χ3v) is 5.71. The number of aromatic nitrogens is 1. The predicted octanol–water partition coefficient (Wildman–Crippen LogP) is 2.86. The van der Waals surface area contributed by atoms with Crippen molar-refractivity contribution in [3.05, 3.63) is 23.4 Å². The van der Waals surface area contributed by atoms with Crippen LogP contribution in [0.4, 0.5) is 5.82 Å². The number of esters is 1. The van der Waals surface area contributed by atoms with Gasteiger partial charge < -0.3 is 15.4 Å². The zero-order chi connectivity index (χ0) is 19.3. The topological polar surface area (TPSA) is 80.3 Å². The Hall–Kier alpha value is -2.11. The Balaban J connectivity index is 1.38. The summed E-state index contributed by atoms with van der Waals surface area (Å²) in [6.07, 6.45) is 6.36. The molecule has 2 aliphatic rings. The van der Waals surface area contributed by atoms with E-state index >= 15 is 0 Å². The molecule has 1 aromatic rings. The van der Waals surface area contributed by atoms with Crippen molar-refractivity contribution >= 4 is 17.7 Å². The SMILES string of the molecule is CCOC(=O)CCNC(=O)C1(C)CC(CCc2ccc3c(n2)NCCC3)C1. The monoisotopic (exact) mass is 373 g/mol. The molecule has 148 valence electrons. The van der Waals surface area contributed by atoms with Gasteiger partial charge >= 0.3 is 5.97 Å². The lowest BCUT2D eigenvalue weighted by Gasteiger charge is -2.44. The number of ether oxygens (including phenoxy) is 1. The molecule has 0 radical (unpaired) electrons. The fourth-order valence-corrected chi connectivity index (χ4v) is 4.19. The third kappa shape index (κ3) is 4.99. The molecule has 27 heavy (non-hydrogen) atoms. The van der Waals surface area contributed by atoms with Crippen LogP contribution < -0.4 is 10.6 Å². The van der Waals surface area contributed by atoms with Crippen LogP contribution in [0.3, 0.4) is 0 Å². The molecule has 0 saturated heterocycles. The van der Waals surface area contributed by atoms with Crippen LogP contribution in [0.1, 0.15) is 57.2 Å². The molecule has 1 fully saturated rings. The lowest BCUT2D eigenvalue weighted by molar-refractivity contribution is -0.143. The largest absolute Gasteiger partial charge is 0.466 e. The number of carbonyl (C=O) groups excluding carboxylic acids is 2. The zero-order valence-corrected chi connectivity index (χ0v) is 16.5. The molecular formula is C21H31N3O3. The third-order valence-electron chi connectivity index (χ3n) is 5.71. The molecule has 0 bridgehead atoms. The number of rotatable bonds is 8. The van der Waals surface area contributed by atoms with E-state index in [0.717, 1.165) is 50.2 Å². The van der Waals surface area contributed by atoms with Crippen LogP contribution in [0.5, 0.6) is 0 Å². The Morgan fingerprint density at radius 1 is 1.37 bits per heavy atom. The summed E-state index contributed by atoms with van der Waals surface area (Å²) < 4.78 is 4.87. The number of carbonyl (C=O) groups is 2. The summed E-state index contributed by atoms with van der Waals surface area (Å²) in [4.78, 5) is 28.5. The van der Waals surface area contributed by atoms with Crippen molar-refractivity contribution in [2.75, 3.05) is 25.0 Å². The van der Waals surface area contributed by atoms with Gasteiger partial charge in [0, 0.05) is 24.2 Å².